The molecule has 2 nitrogen and oxygen atoms in total. The third kappa shape index (κ3) is 4.91. The summed E-state index contributed by atoms with van der Waals surface area (Å²) >= 11 is 0. The molecular weight excluding hydrogens is 200 g/mol. The molecule has 0 aromatic rings. The monoisotopic (exact) mass is 224 g/mol. The normalized spacial score (nSPS) is 25.6. The molecule has 16 heavy (non-hydrogen) atoms. The Labute approximate surface area is 98.8 Å². The maximum Gasteiger partial charge on any atom is 0.143 e. The van der Waals surface area contributed by atoms with E-state index in [1.165, 1.54) is 32.1 Å². The summed E-state index contributed by atoms with van der Waals surface area (Å²) in [4.78, 5) is 23.3. The van der Waals surface area contributed by atoms with Crippen LogP contribution in [0.5, 0.6) is 0 Å². The summed E-state index contributed by atoms with van der Waals surface area (Å²) in [5.41, 5.74) is 0. The molecule has 0 bridgehead atoms. The molecule has 1 aliphatic carbocycles. The fourth-order valence-corrected chi connectivity index (χ4v) is 2.47. The van der Waals surface area contributed by atoms with Gasteiger partial charge in [0.15, 0.2) is 0 Å². The smallest absolute Gasteiger partial charge is 0.143 e. The molecule has 0 radical (unpaired) electrons. The van der Waals surface area contributed by atoms with Crippen molar-refractivity contribution in [2.75, 3.05) is 0 Å². The van der Waals surface area contributed by atoms with Crippen molar-refractivity contribution in [1.29, 1.82) is 0 Å². The zero-order valence-corrected chi connectivity index (χ0v) is 10.5. The zero-order valence-electron chi connectivity index (χ0n) is 10.5. The van der Waals surface area contributed by atoms with Gasteiger partial charge in [-0.1, -0.05) is 44.9 Å². The van der Waals surface area contributed by atoms with Crippen LogP contribution in [0.15, 0.2) is 0 Å². The molecule has 0 spiro atoms. The Bertz CT molecular complexity index is 233. The quantitative estimate of drug-likeness (QED) is 0.637. The molecule has 0 aromatic heterocycles. The van der Waals surface area contributed by atoms with Crippen molar-refractivity contribution in [1.82, 2.24) is 0 Å². The molecule has 1 aliphatic rings. The minimum atomic E-state index is -0.292. The van der Waals surface area contributed by atoms with E-state index in [-0.39, 0.29) is 17.5 Å². The third-order valence-corrected chi connectivity index (χ3v) is 3.55. The van der Waals surface area contributed by atoms with Crippen molar-refractivity contribution >= 4 is 11.6 Å². The lowest BCUT2D eigenvalue weighted by molar-refractivity contribution is -0.132. The van der Waals surface area contributed by atoms with Crippen molar-refractivity contribution in [3.63, 3.8) is 0 Å². The van der Waals surface area contributed by atoms with Gasteiger partial charge in [-0.05, 0) is 19.8 Å². The molecule has 1 fully saturated rings. The van der Waals surface area contributed by atoms with Crippen LogP contribution in [0.1, 0.15) is 71.1 Å². The first-order valence-corrected chi connectivity index (χ1v) is 6.75. The number of hydrogen-bond donors (Lipinski definition) is 0. The highest BCUT2D eigenvalue weighted by Crippen LogP contribution is 2.19. The Morgan fingerprint density at radius 3 is 2.00 bits per heavy atom. The van der Waals surface area contributed by atoms with Gasteiger partial charge < -0.3 is 0 Å². The van der Waals surface area contributed by atoms with Crippen LogP contribution in [0.25, 0.3) is 0 Å². The molecule has 92 valence electrons. The van der Waals surface area contributed by atoms with E-state index in [1.807, 2.05) is 0 Å². The summed E-state index contributed by atoms with van der Waals surface area (Å²) in [5.74, 6) is -0.0328. The SMILES string of the molecule is CC(=O)C1CCCCCCCCCCC1=O. The molecule has 2 heteroatoms. The van der Waals surface area contributed by atoms with E-state index in [9.17, 15) is 9.59 Å². The van der Waals surface area contributed by atoms with E-state index < -0.39 is 0 Å². The molecule has 1 atom stereocenters. The van der Waals surface area contributed by atoms with Gasteiger partial charge in [-0.2, -0.15) is 0 Å². The van der Waals surface area contributed by atoms with Gasteiger partial charge in [0.25, 0.3) is 0 Å². The lowest BCUT2D eigenvalue weighted by atomic mass is 9.89. The second-order valence-corrected chi connectivity index (χ2v) is 5.00. The molecule has 1 saturated carbocycles. The summed E-state index contributed by atoms with van der Waals surface area (Å²) in [5, 5.41) is 0. The molecule has 0 amide bonds. The molecule has 0 aliphatic heterocycles. The van der Waals surface area contributed by atoms with Gasteiger partial charge in [0.1, 0.15) is 11.6 Å². The van der Waals surface area contributed by atoms with Crippen LogP contribution in [0, 0.1) is 5.92 Å². The number of carbonyl (C=O) groups is 2. The van der Waals surface area contributed by atoms with Crippen LogP contribution < -0.4 is 0 Å². The Morgan fingerprint density at radius 1 is 0.938 bits per heavy atom. The second kappa shape index (κ2) is 7.59. The number of hydrogen-bond acceptors (Lipinski definition) is 2. The fourth-order valence-electron chi connectivity index (χ4n) is 2.47. The minimum absolute atomic E-state index is 0.0714. The first kappa shape index (κ1) is 13.4. The maximum atomic E-state index is 11.9. The molecule has 0 saturated heterocycles. The Hall–Kier alpha value is -0.660. The average molecular weight is 224 g/mol. The fraction of sp³-hybridized carbons (Fsp3) is 0.857. The van der Waals surface area contributed by atoms with E-state index in [1.54, 1.807) is 6.92 Å². The summed E-state index contributed by atoms with van der Waals surface area (Å²) in [6.45, 7) is 1.56. The van der Waals surface area contributed by atoms with Crippen LogP contribution in [-0.4, -0.2) is 11.6 Å². The third-order valence-electron chi connectivity index (χ3n) is 3.55. The number of ketones is 2. The number of carbonyl (C=O) groups excluding carboxylic acids is 2. The van der Waals surface area contributed by atoms with Gasteiger partial charge in [0, 0.05) is 6.42 Å². The minimum Gasteiger partial charge on any atom is -0.299 e. The van der Waals surface area contributed by atoms with Gasteiger partial charge in [0.2, 0.25) is 0 Å². The van der Waals surface area contributed by atoms with Crippen molar-refractivity contribution in [2.45, 2.75) is 71.1 Å². The highest BCUT2D eigenvalue weighted by atomic mass is 16.1. The molecule has 1 unspecified atom stereocenters. The van der Waals surface area contributed by atoms with Crippen LogP contribution >= 0.6 is 0 Å². The highest BCUT2D eigenvalue weighted by molar-refractivity contribution is 6.01. The first-order valence-electron chi connectivity index (χ1n) is 6.75. The lowest BCUT2D eigenvalue weighted by Gasteiger charge is -2.13. The van der Waals surface area contributed by atoms with Crippen LogP contribution in [0.3, 0.4) is 0 Å². The standard InChI is InChI=1S/C14H24O2/c1-12(15)13-10-8-6-4-2-3-5-7-9-11-14(13)16/h13H,2-11H2,1H3. The Kier molecular flexibility index (Phi) is 6.36. The molecule has 0 N–H and O–H groups in total. The largest absolute Gasteiger partial charge is 0.299 e. The van der Waals surface area contributed by atoms with Gasteiger partial charge >= 0.3 is 0 Å². The summed E-state index contributed by atoms with van der Waals surface area (Å²) < 4.78 is 0. The summed E-state index contributed by atoms with van der Waals surface area (Å²) in [6, 6.07) is 0. The van der Waals surface area contributed by atoms with Gasteiger partial charge in [-0.15, -0.1) is 0 Å². The molecule has 0 heterocycles. The second-order valence-electron chi connectivity index (χ2n) is 5.00. The van der Waals surface area contributed by atoms with Crippen molar-refractivity contribution in [2.24, 2.45) is 5.92 Å². The van der Waals surface area contributed by atoms with Crippen molar-refractivity contribution < 1.29 is 9.59 Å². The van der Waals surface area contributed by atoms with Crippen molar-refractivity contribution in [3.8, 4) is 0 Å². The maximum absolute atomic E-state index is 11.9. The zero-order chi connectivity index (χ0) is 11.8. The number of Topliss-reactive ketones (excluding diaryl/α,β-unsaturated/α-hetero) is 2. The topological polar surface area (TPSA) is 34.1 Å². The Balaban J connectivity index is 2.46. The lowest BCUT2D eigenvalue weighted by Crippen LogP contribution is -2.22. The predicted octanol–water partition coefficient (Wildman–Crippen LogP) is 3.68. The summed E-state index contributed by atoms with van der Waals surface area (Å²) in [7, 11) is 0. The highest BCUT2D eigenvalue weighted by Gasteiger charge is 2.21. The van der Waals surface area contributed by atoms with E-state index in [0.29, 0.717) is 6.42 Å². The number of rotatable bonds is 1. The van der Waals surface area contributed by atoms with E-state index in [0.717, 1.165) is 25.7 Å². The van der Waals surface area contributed by atoms with Gasteiger partial charge in [0.05, 0.1) is 5.92 Å². The van der Waals surface area contributed by atoms with E-state index >= 15 is 0 Å². The predicted molar refractivity (Wildman–Crippen MR) is 65.3 cm³/mol. The van der Waals surface area contributed by atoms with Gasteiger partial charge in [-0.3, -0.25) is 9.59 Å². The molecular formula is C14H24O2. The van der Waals surface area contributed by atoms with Gasteiger partial charge in [-0.25, -0.2) is 0 Å². The van der Waals surface area contributed by atoms with Crippen molar-refractivity contribution in [3.05, 3.63) is 0 Å². The van der Waals surface area contributed by atoms with Crippen LogP contribution in [0.2, 0.25) is 0 Å². The molecule has 0 aromatic carbocycles. The van der Waals surface area contributed by atoms with E-state index in [2.05, 4.69) is 0 Å². The average Bonchev–Trinajstić information content (AvgIpc) is 2.22. The summed E-state index contributed by atoms with van der Waals surface area (Å²) in [6.07, 6.45) is 10.9. The first-order chi connectivity index (χ1) is 7.72. The van der Waals surface area contributed by atoms with Crippen LogP contribution in [0.4, 0.5) is 0 Å². The molecule has 1 rings (SSSR count). The Morgan fingerprint density at radius 2 is 1.44 bits per heavy atom. The van der Waals surface area contributed by atoms with Crippen LogP contribution in [-0.2, 0) is 9.59 Å². The van der Waals surface area contributed by atoms with E-state index in [4.69, 9.17) is 0 Å².